The summed E-state index contributed by atoms with van der Waals surface area (Å²) in [5.41, 5.74) is 5.88. The standard InChI is InChI=1S/C23H24N4O2S/c1-14-6-8-19(9-7-14)30(28,29)26-22-13-18(5)25-27(22)21-12-16(3)20-11-15(2)10-17(4)23(20)24-21/h6-13,26H,1-5H3. The average molecular weight is 421 g/mol. The summed E-state index contributed by atoms with van der Waals surface area (Å²) in [6.45, 7) is 9.86. The van der Waals surface area contributed by atoms with Crippen LogP contribution < -0.4 is 4.72 Å². The van der Waals surface area contributed by atoms with E-state index in [4.69, 9.17) is 4.98 Å². The number of rotatable bonds is 4. The van der Waals surface area contributed by atoms with Gasteiger partial charge in [0.1, 0.15) is 5.82 Å². The van der Waals surface area contributed by atoms with Crippen molar-refractivity contribution in [2.75, 3.05) is 4.72 Å². The fourth-order valence-corrected chi connectivity index (χ4v) is 4.63. The van der Waals surface area contributed by atoms with Crippen LogP contribution in [0.2, 0.25) is 0 Å². The van der Waals surface area contributed by atoms with Gasteiger partial charge in [-0.3, -0.25) is 4.72 Å². The first kappa shape index (κ1) is 20.1. The van der Waals surface area contributed by atoms with Gasteiger partial charge in [-0.05, 0) is 70.0 Å². The number of pyridine rings is 1. The Morgan fingerprint density at radius 2 is 1.53 bits per heavy atom. The van der Waals surface area contributed by atoms with Gasteiger partial charge in [-0.2, -0.15) is 9.78 Å². The van der Waals surface area contributed by atoms with Crippen molar-refractivity contribution in [1.29, 1.82) is 0 Å². The summed E-state index contributed by atoms with van der Waals surface area (Å²) in [5.74, 6) is 0.922. The van der Waals surface area contributed by atoms with Crippen molar-refractivity contribution in [1.82, 2.24) is 14.8 Å². The molecule has 0 radical (unpaired) electrons. The number of nitrogens with one attached hydrogen (secondary N) is 1. The molecule has 2 aromatic carbocycles. The predicted molar refractivity (Wildman–Crippen MR) is 120 cm³/mol. The Labute approximate surface area is 176 Å². The molecule has 30 heavy (non-hydrogen) atoms. The molecule has 0 spiro atoms. The van der Waals surface area contributed by atoms with Gasteiger partial charge in [0.15, 0.2) is 5.82 Å². The van der Waals surface area contributed by atoms with E-state index in [-0.39, 0.29) is 4.90 Å². The molecule has 2 aromatic heterocycles. The highest BCUT2D eigenvalue weighted by atomic mass is 32.2. The minimum Gasteiger partial charge on any atom is -0.263 e. The second-order valence-corrected chi connectivity index (χ2v) is 9.46. The molecule has 0 fully saturated rings. The Kier molecular flexibility index (Phi) is 4.86. The van der Waals surface area contributed by atoms with Crippen molar-refractivity contribution in [2.45, 2.75) is 39.5 Å². The number of aryl methyl sites for hydroxylation is 5. The third kappa shape index (κ3) is 3.68. The first-order valence-corrected chi connectivity index (χ1v) is 11.2. The van der Waals surface area contributed by atoms with E-state index in [0.29, 0.717) is 17.3 Å². The van der Waals surface area contributed by atoms with E-state index in [1.165, 1.54) is 5.56 Å². The third-order valence-electron chi connectivity index (χ3n) is 5.06. The van der Waals surface area contributed by atoms with Crippen LogP contribution in [0.4, 0.5) is 5.82 Å². The van der Waals surface area contributed by atoms with Gasteiger partial charge in [-0.15, -0.1) is 0 Å². The monoisotopic (exact) mass is 420 g/mol. The molecule has 0 saturated carbocycles. The van der Waals surface area contributed by atoms with E-state index >= 15 is 0 Å². The number of anilines is 1. The van der Waals surface area contributed by atoms with Crippen LogP contribution in [-0.4, -0.2) is 23.2 Å². The lowest BCUT2D eigenvalue weighted by atomic mass is 10.0. The molecule has 2 heterocycles. The maximum absolute atomic E-state index is 12.9. The number of hydrogen-bond donors (Lipinski definition) is 1. The summed E-state index contributed by atoms with van der Waals surface area (Å²) < 4.78 is 30.0. The second kappa shape index (κ2) is 7.25. The molecule has 0 aliphatic carbocycles. The summed E-state index contributed by atoms with van der Waals surface area (Å²) in [4.78, 5) is 5.00. The molecule has 0 aliphatic heterocycles. The number of fused-ring (bicyclic) bond motifs is 1. The van der Waals surface area contributed by atoms with E-state index in [1.807, 2.05) is 33.8 Å². The van der Waals surface area contributed by atoms with E-state index in [9.17, 15) is 8.42 Å². The predicted octanol–water partition coefficient (Wildman–Crippen LogP) is 4.76. The SMILES string of the molecule is Cc1ccc(S(=O)(=O)Nc2cc(C)nn2-c2cc(C)c3cc(C)cc(C)c3n2)cc1. The van der Waals surface area contributed by atoms with Gasteiger partial charge < -0.3 is 0 Å². The molecule has 0 bridgehead atoms. The number of nitrogens with zero attached hydrogens (tertiary/aromatic N) is 3. The number of hydrogen-bond acceptors (Lipinski definition) is 4. The van der Waals surface area contributed by atoms with Crippen molar-refractivity contribution in [3.63, 3.8) is 0 Å². The highest BCUT2D eigenvalue weighted by molar-refractivity contribution is 7.92. The zero-order valence-electron chi connectivity index (χ0n) is 17.7. The van der Waals surface area contributed by atoms with Crippen molar-refractivity contribution >= 4 is 26.7 Å². The molecule has 154 valence electrons. The Morgan fingerprint density at radius 1 is 0.833 bits per heavy atom. The van der Waals surface area contributed by atoms with Gasteiger partial charge in [-0.1, -0.05) is 29.3 Å². The first-order chi connectivity index (χ1) is 14.1. The van der Waals surface area contributed by atoms with E-state index in [0.717, 1.165) is 27.6 Å². The van der Waals surface area contributed by atoms with Crippen LogP contribution >= 0.6 is 0 Å². The van der Waals surface area contributed by atoms with Crippen LogP contribution in [0.5, 0.6) is 0 Å². The molecule has 4 aromatic rings. The minimum absolute atomic E-state index is 0.201. The Bertz CT molecular complexity index is 1370. The Morgan fingerprint density at radius 3 is 2.23 bits per heavy atom. The molecule has 7 heteroatoms. The summed E-state index contributed by atoms with van der Waals surface area (Å²) in [5, 5.41) is 5.58. The molecule has 0 amide bonds. The van der Waals surface area contributed by atoms with Gasteiger partial charge in [0, 0.05) is 11.5 Å². The Balaban J connectivity index is 1.82. The molecule has 0 unspecified atom stereocenters. The molecule has 0 saturated heterocycles. The fraction of sp³-hybridized carbons (Fsp3) is 0.217. The lowest BCUT2D eigenvalue weighted by molar-refractivity contribution is 0.600. The molecule has 0 atom stereocenters. The van der Waals surface area contributed by atoms with Crippen LogP contribution in [0.1, 0.15) is 27.9 Å². The second-order valence-electron chi connectivity index (χ2n) is 7.78. The maximum atomic E-state index is 12.9. The van der Waals surface area contributed by atoms with Crippen molar-refractivity contribution in [3.8, 4) is 5.82 Å². The molecular formula is C23H24N4O2S. The van der Waals surface area contributed by atoms with Crippen LogP contribution in [0.3, 0.4) is 0 Å². The maximum Gasteiger partial charge on any atom is 0.263 e. The average Bonchev–Trinajstić information content (AvgIpc) is 3.02. The van der Waals surface area contributed by atoms with Crippen LogP contribution in [-0.2, 0) is 10.0 Å². The van der Waals surface area contributed by atoms with Crippen molar-refractivity contribution in [2.24, 2.45) is 0 Å². The van der Waals surface area contributed by atoms with E-state index in [1.54, 1.807) is 35.0 Å². The zero-order chi connectivity index (χ0) is 21.6. The summed E-state index contributed by atoms with van der Waals surface area (Å²) in [7, 11) is -3.75. The van der Waals surface area contributed by atoms with Crippen LogP contribution in [0.25, 0.3) is 16.7 Å². The third-order valence-corrected chi connectivity index (χ3v) is 6.43. The van der Waals surface area contributed by atoms with Gasteiger partial charge >= 0.3 is 0 Å². The van der Waals surface area contributed by atoms with Crippen molar-refractivity contribution < 1.29 is 8.42 Å². The van der Waals surface area contributed by atoms with Gasteiger partial charge in [0.2, 0.25) is 0 Å². The van der Waals surface area contributed by atoms with Crippen LogP contribution in [0.15, 0.2) is 53.4 Å². The normalized spacial score (nSPS) is 11.8. The van der Waals surface area contributed by atoms with Crippen molar-refractivity contribution in [3.05, 3.63) is 76.5 Å². The molecule has 0 aliphatic rings. The van der Waals surface area contributed by atoms with Gasteiger partial charge in [0.05, 0.1) is 16.1 Å². The molecule has 6 nitrogen and oxygen atoms in total. The highest BCUT2D eigenvalue weighted by Crippen LogP contribution is 2.26. The lowest BCUT2D eigenvalue weighted by Gasteiger charge is -2.13. The summed E-state index contributed by atoms with van der Waals surface area (Å²) in [6, 6.07) is 14.6. The van der Waals surface area contributed by atoms with E-state index in [2.05, 4.69) is 28.9 Å². The Hall–Kier alpha value is -3.19. The largest absolute Gasteiger partial charge is 0.263 e. The van der Waals surface area contributed by atoms with Crippen LogP contribution in [0, 0.1) is 34.6 Å². The number of aromatic nitrogens is 3. The van der Waals surface area contributed by atoms with Gasteiger partial charge in [-0.25, -0.2) is 13.4 Å². The molecule has 4 rings (SSSR count). The number of benzene rings is 2. The minimum atomic E-state index is -3.75. The molecular weight excluding hydrogens is 396 g/mol. The first-order valence-electron chi connectivity index (χ1n) is 9.69. The summed E-state index contributed by atoms with van der Waals surface area (Å²) in [6.07, 6.45) is 0. The highest BCUT2D eigenvalue weighted by Gasteiger charge is 2.19. The zero-order valence-corrected chi connectivity index (χ0v) is 18.5. The van der Waals surface area contributed by atoms with Gasteiger partial charge in [0.25, 0.3) is 10.0 Å². The number of sulfonamides is 1. The quantitative estimate of drug-likeness (QED) is 0.516. The molecule has 1 N–H and O–H groups in total. The summed E-state index contributed by atoms with van der Waals surface area (Å²) >= 11 is 0. The topological polar surface area (TPSA) is 76.9 Å². The fourth-order valence-electron chi connectivity index (χ4n) is 3.60. The lowest BCUT2D eigenvalue weighted by Crippen LogP contribution is -2.16. The van der Waals surface area contributed by atoms with E-state index < -0.39 is 10.0 Å². The smallest absolute Gasteiger partial charge is 0.263 e.